The lowest BCUT2D eigenvalue weighted by Crippen LogP contribution is -1.85. The van der Waals surface area contributed by atoms with Crippen LogP contribution in [0.5, 0.6) is 0 Å². The predicted molar refractivity (Wildman–Crippen MR) is 56.2 cm³/mol. The molecule has 1 radical (unpaired) electrons. The Morgan fingerprint density at radius 2 is 2.00 bits per heavy atom. The third-order valence-corrected chi connectivity index (χ3v) is 2.47. The summed E-state index contributed by atoms with van der Waals surface area (Å²) in [5, 5.41) is 12.4. The molecular formula is C10H6Cl2NO. The summed E-state index contributed by atoms with van der Waals surface area (Å²) in [7, 11) is 0. The predicted octanol–water partition coefficient (Wildman–Crippen LogP) is 3.47. The summed E-state index contributed by atoms with van der Waals surface area (Å²) in [5.41, 5.74) is 1.35. The Labute approximate surface area is 91.1 Å². The molecule has 2 nitrogen and oxygen atoms in total. The molecule has 0 saturated carbocycles. The maximum atomic E-state index is 10.7. The largest absolute Gasteiger partial charge is 0.236 e. The molecule has 0 aliphatic rings. The Balaban J connectivity index is 2.75. The average molecular weight is 227 g/mol. The summed E-state index contributed by atoms with van der Waals surface area (Å²) in [6.07, 6.45) is 0. The van der Waals surface area contributed by atoms with Gasteiger partial charge in [-0.2, -0.15) is 0 Å². The van der Waals surface area contributed by atoms with Crippen LogP contribution in [0.1, 0.15) is 5.56 Å². The summed E-state index contributed by atoms with van der Waals surface area (Å²) in [6, 6.07) is 6.83. The molecule has 0 bridgehead atoms. The fraction of sp³-hybridized carbons (Fsp3) is 0.100. The molecular weight excluding hydrogens is 221 g/mol. The first-order chi connectivity index (χ1) is 6.70. The van der Waals surface area contributed by atoms with E-state index in [9.17, 15) is 5.11 Å². The molecule has 71 valence electrons. The number of pyridine rings is 1. The van der Waals surface area contributed by atoms with Gasteiger partial charge >= 0.3 is 0 Å². The molecule has 0 aliphatic heterocycles. The Hall–Kier alpha value is -0.830. The van der Waals surface area contributed by atoms with Gasteiger partial charge in [0.05, 0.1) is 10.5 Å². The van der Waals surface area contributed by atoms with E-state index in [2.05, 4.69) is 4.98 Å². The van der Waals surface area contributed by atoms with E-state index in [-0.39, 0.29) is 6.61 Å². The van der Waals surface area contributed by atoms with Crippen LogP contribution in [0.2, 0.25) is 10.2 Å². The number of hydrogen-bond acceptors (Lipinski definition) is 1. The van der Waals surface area contributed by atoms with E-state index in [0.717, 1.165) is 5.39 Å². The Morgan fingerprint density at radius 3 is 2.71 bits per heavy atom. The summed E-state index contributed by atoms with van der Waals surface area (Å²) in [4.78, 5) is 4.09. The maximum Gasteiger partial charge on any atom is 0.131 e. The normalized spacial score (nSPS) is 10.8. The quantitative estimate of drug-likeness (QED) is 0.686. The number of rotatable bonds is 1. The first-order valence-electron chi connectivity index (χ1n) is 4.03. The van der Waals surface area contributed by atoms with Crippen LogP contribution in [0.25, 0.3) is 10.9 Å². The standard InChI is InChI=1S/C10H6Cl2NO/c11-8-4-10(12)13-9-3-6(5-14)1-2-7(8)9/h1-4H,5H2. The van der Waals surface area contributed by atoms with E-state index < -0.39 is 0 Å². The molecule has 1 aromatic carbocycles. The molecule has 0 amide bonds. The summed E-state index contributed by atoms with van der Waals surface area (Å²) >= 11 is 11.7. The summed E-state index contributed by atoms with van der Waals surface area (Å²) in [5.74, 6) is 0. The first-order valence-corrected chi connectivity index (χ1v) is 4.79. The minimum absolute atomic E-state index is 0.262. The van der Waals surface area contributed by atoms with Gasteiger partial charge < -0.3 is 0 Å². The highest BCUT2D eigenvalue weighted by atomic mass is 35.5. The number of halogens is 2. The SMILES string of the molecule is [O]Cc1ccc2c(Cl)cc(Cl)nc2c1. The van der Waals surface area contributed by atoms with Crippen LogP contribution in [0.3, 0.4) is 0 Å². The molecule has 1 heterocycles. The number of fused-ring (bicyclic) bond motifs is 1. The zero-order valence-electron chi connectivity index (χ0n) is 7.13. The molecule has 0 saturated heterocycles. The van der Waals surface area contributed by atoms with Gasteiger partial charge in [-0.3, -0.25) is 0 Å². The lowest BCUT2D eigenvalue weighted by molar-refractivity contribution is 0.177. The second-order valence-electron chi connectivity index (χ2n) is 2.92. The third kappa shape index (κ3) is 1.69. The second-order valence-corrected chi connectivity index (χ2v) is 3.72. The minimum Gasteiger partial charge on any atom is -0.236 e. The van der Waals surface area contributed by atoms with Crippen molar-refractivity contribution in [3.8, 4) is 0 Å². The number of aromatic nitrogens is 1. The van der Waals surface area contributed by atoms with Gasteiger partial charge in [-0.1, -0.05) is 35.3 Å². The van der Waals surface area contributed by atoms with Crippen LogP contribution in [-0.2, 0) is 11.7 Å². The van der Waals surface area contributed by atoms with E-state index in [0.29, 0.717) is 21.3 Å². The van der Waals surface area contributed by atoms with Crippen LogP contribution in [0.15, 0.2) is 24.3 Å². The number of nitrogens with zero attached hydrogens (tertiary/aromatic N) is 1. The van der Waals surface area contributed by atoms with Crippen molar-refractivity contribution in [1.29, 1.82) is 0 Å². The highest BCUT2D eigenvalue weighted by Crippen LogP contribution is 2.25. The molecule has 0 aliphatic carbocycles. The molecule has 0 atom stereocenters. The van der Waals surface area contributed by atoms with Gasteiger partial charge in [0.25, 0.3) is 0 Å². The first kappa shape index (κ1) is 9.71. The van der Waals surface area contributed by atoms with Crippen molar-refractivity contribution >= 4 is 34.1 Å². The maximum absolute atomic E-state index is 10.7. The smallest absolute Gasteiger partial charge is 0.131 e. The van der Waals surface area contributed by atoms with Crippen LogP contribution in [0.4, 0.5) is 0 Å². The number of hydrogen-bond donors (Lipinski definition) is 0. The topological polar surface area (TPSA) is 32.8 Å². The van der Waals surface area contributed by atoms with Crippen LogP contribution in [0, 0.1) is 0 Å². The highest BCUT2D eigenvalue weighted by Gasteiger charge is 2.03. The minimum atomic E-state index is -0.262. The Kier molecular flexibility index (Phi) is 2.59. The summed E-state index contributed by atoms with van der Waals surface area (Å²) in [6.45, 7) is -0.262. The highest BCUT2D eigenvalue weighted by molar-refractivity contribution is 6.37. The van der Waals surface area contributed by atoms with Gasteiger partial charge in [-0.25, -0.2) is 10.1 Å². The fourth-order valence-electron chi connectivity index (χ4n) is 1.29. The lowest BCUT2D eigenvalue weighted by Gasteiger charge is -2.02. The molecule has 0 N–H and O–H groups in total. The van der Waals surface area contributed by atoms with E-state index in [1.54, 1.807) is 24.3 Å². The fourth-order valence-corrected chi connectivity index (χ4v) is 1.81. The molecule has 4 heteroatoms. The second kappa shape index (κ2) is 3.73. The van der Waals surface area contributed by atoms with Crippen molar-refractivity contribution < 1.29 is 5.11 Å². The van der Waals surface area contributed by atoms with E-state index in [1.807, 2.05) is 0 Å². The van der Waals surface area contributed by atoms with Crippen molar-refractivity contribution in [3.63, 3.8) is 0 Å². The van der Waals surface area contributed by atoms with E-state index >= 15 is 0 Å². The van der Waals surface area contributed by atoms with Gasteiger partial charge in [0, 0.05) is 5.39 Å². The van der Waals surface area contributed by atoms with Crippen molar-refractivity contribution in [3.05, 3.63) is 40.0 Å². The van der Waals surface area contributed by atoms with Crippen LogP contribution < -0.4 is 0 Å². The zero-order valence-corrected chi connectivity index (χ0v) is 8.64. The molecule has 2 aromatic rings. The molecule has 0 spiro atoms. The lowest BCUT2D eigenvalue weighted by atomic mass is 10.1. The monoisotopic (exact) mass is 226 g/mol. The van der Waals surface area contributed by atoms with Crippen molar-refractivity contribution in [1.82, 2.24) is 4.98 Å². The van der Waals surface area contributed by atoms with E-state index in [4.69, 9.17) is 23.2 Å². The zero-order chi connectivity index (χ0) is 10.1. The Morgan fingerprint density at radius 1 is 1.21 bits per heavy atom. The van der Waals surface area contributed by atoms with Gasteiger partial charge in [-0.15, -0.1) is 0 Å². The van der Waals surface area contributed by atoms with Crippen molar-refractivity contribution in [2.75, 3.05) is 0 Å². The number of benzene rings is 1. The van der Waals surface area contributed by atoms with Gasteiger partial charge in [0.1, 0.15) is 11.8 Å². The van der Waals surface area contributed by atoms with Crippen LogP contribution >= 0.6 is 23.2 Å². The third-order valence-electron chi connectivity index (χ3n) is 1.96. The molecule has 0 fully saturated rings. The van der Waals surface area contributed by atoms with Crippen LogP contribution in [-0.4, -0.2) is 4.98 Å². The molecule has 1 aromatic heterocycles. The molecule has 14 heavy (non-hydrogen) atoms. The summed E-state index contributed by atoms with van der Waals surface area (Å²) < 4.78 is 0. The van der Waals surface area contributed by atoms with Gasteiger partial charge in [0.15, 0.2) is 0 Å². The average Bonchev–Trinajstić information content (AvgIpc) is 2.16. The van der Waals surface area contributed by atoms with E-state index in [1.165, 1.54) is 0 Å². The Bertz CT molecular complexity index is 485. The molecule has 2 rings (SSSR count). The van der Waals surface area contributed by atoms with Crippen molar-refractivity contribution in [2.45, 2.75) is 6.61 Å². The van der Waals surface area contributed by atoms with Gasteiger partial charge in [-0.05, 0) is 17.7 Å². The van der Waals surface area contributed by atoms with Gasteiger partial charge in [0.2, 0.25) is 0 Å². The molecule has 0 unspecified atom stereocenters. The van der Waals surface area contributed by atoms with Crippen molar-refractivity contribution in [2.24, 2.45) is 0 Å².